The molecule has 0 saturated heterocycles. The van der Waals surface area contributed by atoms with Crippen LogP contribution in [0.2, 0.25) is 0 Å². The van der Waals surface area contributed by atoms with Gasteiger partial charge in [0.15, 0.2) is 0 Å². The molecule has 2 unspecified atom stereocenters. The molecule has 0 aromatic heterocycles. The lowest BCUT2D eigenvalue weighted by atomic mass is 9.92. The Hall–Kier alpha value is -0.590. The molecule has 0 aliphatic carbocycles. The fourth-order valence-corrected chi connectivity index (χ4v) is 2.20. The van der Waals surface area contributed by atoms with Crippen molar-refractivity contribution in [3.63, 3.8) is 0 Å². The normalized spacial score (nSPS) is 15.5. The fourth-order valence-electron chi connectivity index (χ4n) is 1.72. The molecule has 2 atom stereocenters. The molecular weight excluding hydrogens is 311 g/mol. The van der Waals surface area contributed by atoms with E-state index in [4.69, 9.17) is 5.73 Å². The number of rotatable bonds is 4. The van der Waals surface area contributed by atoms with Gasteiger partial charge >= 0.3 is 6.18 Å². The molecule has 0 aliphatic rings. The summed E-state index contributed by atoms with van der Waals surface area (Å²) in [5, 5.41) is 10.1. The highest BCUT2D eigenvalue weighted by atomic mass is 79.9. The van der Waals surface area contributed by atoms with Crippen molar-refractivity contribution in [2.75, 3.05) is 6.54 Å². The number of hydrogen-bond donors (Lipinski definition) is 2. The molecule has 1 rings (SSSR count). The number of halogens is 4. The number of aliphatic hydroxyl groups is 1. The van der Waals surface area contributed by atoms with Crippen LogP contribution in [-0.4, -0.2) is 11.7 Å². The van der Waals surface area contributed by atoms with Crippen molar-refractivity contribution in [3.05, 3.63) is 33.8 Å². The molecule has 102 valence electrons. The highest BCUT2D eigenvalue weighted by Gasteiger charge is 2.32. The Morgan fingerprint density at radius 3 is 2.44 bits per heavy atom. The Morgan fingerprint density at radius 2 is 2.00 bits per heavy atom. The standard InChI is InChI=1S/C12H15BrF3NO/c1-2-7(6-17)11(18)9-5-8(12(14,15)16)3-4-10(9)13/h3-5,7,11,18H,2,6,17H2,1H3. The molecule has 1 aromatic carbocycles. The molecule has 2 nitrogen and oxygen atoms in total. The Morgan fingerprint density at radius 1 is 1.39 bits per heavy atom. The maximum absolute atomic E-state index is 12.6. The molecule has 1 aromatic rings. The number of alkyl halides is 3. The third-order valence-corrected chi connectivity index (χ3v) is 3.64. The van der Waals surface area contributed by atoms with Crippen LogP contribution in [0.1, 0.15) is 30.6 Å². The van der Waals surface area contributed by atoms with Crippen LogP contribution in [0.15, 0.2) is 22.7 Å². The van der Waals surface area contributed by atoms with Crippen LogP contribution in [0.25, 0.3) is 0 Å². The van der Waals surface area contributed by atoms with E-state index in [1.807, 2.05) is 6.92 Å². The molecule has 0 aliphatic heterocycles. The minimum Gasteiger partial charge on any atom is -0.388 e. The first kappa shape index (κ1) is 15.5. The van der Waals surface area contributed by atoms with Crippen molar-refractivity contribution in [1.82, 2.24) is 0 Å². The average molecular weight is 326 g/mol. The van der Waals surface area contributed by atoms with Crippen molar-refractivity contribution < 1.29 is 18.3 Å². The summed E-state index contributed by atoms with van der Waals surface area (Å²) in [6.45, 7) is 2.06. The molecular formula is C12H15BrF3NO. The zero-order chi connectivity index (χ0) is 13.9. The van der Waals surface area contributed by atoms with Gasteiger partial charge in [0.2, 0.25) is 0 Å². The Balaban J connectivity index is 3.15. The first-order chi connectivity index (χ1) is 8.31. The smallest absolute Gasteiger partial charge is 0.388 e. The number of aliphatic hydroxyl groups excluding tert-OH is 1. The van der Waals surface area contributed by atoms with Gasteiger partial charge in [0.25, 0.3) is 0 Å². The maximum atomic E-state index is 12.6. The van der Waals surface area contributed by atoms with E-state index in [0.29, 0.717) is 10.9 Å². The predicted octanol–water partition coefficient (Wildman–Crippen LogP) is 3.49. The fraction of sp³-hybridized carbons (Fsp3) is 0.500. The van der Waals surface area contributed by atoms with Crippen LogP contribution in [0, 0.1) is 5.92 Å². The van der Waals surface area contributed by atoms with E-state index in [9.17, 15) is 18.3 Å². The molecule has 18 heavy (non-hydrogen) atoms. The van der Waals surface area contributed by atoms with E-state index in [-0.39, 0.29) is 18.0 Å². The van der Waals surface area contributed by atoms with Crippen LogP contribution in [0.3, 0.4) is 0 Å². The lowest BCUT2D eigenvalue weighted by Gasteiger charge is -2.22. The summed E-state index contributed by atoms with van der Waals surface area (Å²) in [5.41, 5.74) is 4.95. The Kier molecular flexibility index (Phi) is 5.19. The van der Waals surface area contributed by atoms with Crippen LogP contribution >= 0.6 is 15.9 Å². The van der Waals surface area contributed by atoms with Gasteiger partial charge in [0.05, 0.1) is 11.7 Å². The topological polar surface area (TPSA) is 46.2 Å². The van der Waals surface area contributed by atoms with Gasteiger partial charge in [-0.3, -0.25) is 0 Å². The van der Waals surface area contributed by atoms with Crippen molar-refractivity contribution >= 4 is 15.9 Å². The summed E-state index contributed by atoms with van der Waals surface area (Å²) >= 11 is 3.16. The lowest BCUT2D eigenvalue weighted by Crippen LogP contribution is -2.22. The first-order valence-electron chi connectivity index (χ1n) is 5.56. The summed E-state index contributed by atoms with van der Waals surface area (Å²) in [6, 6.07) is 3.24. The van der Waals surface area contributed by atoms with Crippen LogP contribution in [0.4, 0.5) is 13.2 Å². The van der Waals surface area contributed by atoms with Crippen molar-refractivity contribution in [2.24, 2.45) is 11.7 Å². The van der Waals surface area contributed by atoms with Crippen LogP contribution < -0.4 is 5.73 Å². The molecule has 0 fully saturated rings. The van der Waals surface area contributed by atoms with Crippen LogP contribution in [0.5, 0.6) is 0 Å². The summed E-state index contributed by atoms with van der Waals surface area (Å²) in [4.78, 5) is 0. The quantitative estimate of drug-likeness (QED) is 0.890. The van der Waals surface area contributed by atoms with E-state index < -0.39 is 17.8 Å². The summed E-state index contributed by atoms with van der Waals surface area (Å²) in [5.74, 6) is -0.259. The first-order valence-corrected chi connectivity index (χ1v) is 6.35. The lowest BCUT2D eigenvalue weighted by molar-refractivity contribution is -0.137. The third-order valence-electron chi connectivity index (χ3n) is 2.92. The van der Waals surface area contributed by atoms with Gasteiger partial charge in [0, 0.05) is 10.4 Å². The highest BCUT2D eigenvalue weighted by Crippen LogP contribution is 2.36. The summed E-state index contributed by atoms with van der Waals surface area (Å²) in [7, 11) is 0. The Bertz CT molecular complexity index is 405. The molecule has 0 heterocycles. The Labute approximate surface area is 112 Å². The van der Waals surface area contributed by atoms with Gasteiger partial charge in [-0.05, 0) is 36.7 Å². The van der Waals surface area contributed by atoms with Crippen LogP contribution in [-0.2, 0) is 6.18 Å². The SMILES string of the molecule is CCC(CN)C(O)c1cc(C(F)(F)F)ccc1Br. The number of benzene rings is 1. The molecule has 3 N–H and O–H groups in total. The molecule has 0 saturated carbocycles. The highest BCUT2D eigenvalue weighted by molar-refractivity contribution is 9.10. The largest absolute Gasteiger partial charge is 0.416 e. The van der Waals surface area contributed by atoms with E-state index in [1.54, 1.807) is 0 Å². The second-order valence-corrected chi connectivity index (χ2v) is 4.94. The van der Waals surface area contributed by atoms with Crippen molar-refractivity contribution in [2.45, 2.75) is 25.6 Å². The van der Waals surface area contributed by atoms with Gasteiger partial charge in [-0.1, -0.05) is 22.9 Å². The number of hydrogen-bond acceptors (Lipinski definition) is 2. The van der Waals surface area contributed by atoms with E-state index in [1.165, 1.54) is 6.07 Å². The van der Waals surface area contributed by atoms with Gasteiger partial charge in [-0.2, -0.15) is 13.2 Å². The molecule has 0 spiro atoms. The monoisotopic (exact) mass is 325 g/mol. The van der Waals surface area contributed by atoms with Crippen molar-refractivity contribution in [1.29, 1.82) is 0 Å². The molecule has 0 bridgehead atoms. The van der Waals surface area contributed by atoms with Gasteiger partial charge in [0.1, 0.15) is 0 Å². The maximum Gasteiger partial charge on any atom is 0.416 e. The summed E-state index contributed by atoms with van der Waals surface area (Å²) in [6.07, 6.45) is -4.82. The van der Waals surface area contributed by atoms with E-state index >= 15 is 0 Å². The minimum atomic E-state index is -4.42. The summed E-state index contributed by atoms with van der Waals surface area (Å²) < 4.78 is 38.3. The van der Waals surface area contributed by atoms with E-state index in [2.05, 4.69) is 15.9 Å². The van der Waals surface area contributed by atoms with Crippen molar-refractivity contribution in [3.8, 4) is 0 Å². The second kappa shape index (κ2) is 6.04. The van der Waals surface area contributed by atoms with Gasteiger partial charge in [-0.25, -0.2) is 0 Å². The zero-order valence-corrected chi connectivity index (χ0v) is 11.4. The second-order valence-electron chi connectivity index (χ2n) is 4.08. The molecule has 0 radical (unpaired) electrons. The van der Waals surface area contributed by atoms with E-state index in [0.717, 1.165) is 12.1 Å². The predicted molar refractivity (Wildman–Crippen MR) is 66.9 cm³/mol. The molecule has 0 amide bonds. The zero-order valence-electron chi connectivity index (χ0n) is 9.84. The van der Waals surface area contributed by atoms with Gasteiger partial charge < -0.3 is 10.8 Å². The minimum absolute atomic E-state index is 0.223. The third kappa shape index (κ3) is 3.46. The van der Waals surface area contributed by atoms with Gasteiger partial charge in [-0.15, -0.1) is 0 Å². The number of nitrogens with two attached hydrogens (primary N) is 1. The average Bonchev–Trinajstić information content (AvgIpc) is 2.29. The molecule has 6 heteroatoms.